The van der Waals surface area contributed by atoms with E-state index in [0.717, 1.165) is 24.2 Å². The first-order chi connectivity index (χ1) is 10.2. The van der Waals surface area contributed by atoms with E-state index >= 15 is 0 Å². The Morgan fingerprint density at radius 1 is 1.19 bits per heavy atom. The number of hydrogen-bond acceptors (Lipinski definition) is 4. The van der Waals surface area contributed by atoms with E-state index in [9.17, 15) is 14.4 Å². The molecule has 0 unspecified atom stereocenters. The molecule has 0 saturated heterocycles. The Balaban J connectivity index is 1.67. The first-order valence-corrected chi connectivity index (χ1v) is 6.98. The number of nitrogens with zero attached hydrogens (tertiary/aromatic N) is 1. The zero-order valence-electron chi connectivity index (χ0n) is 11.5. The van der Waals surface area contributed by atoms with Gasteiger partial charge in [0.15, 0.2) is 0 Å². The summed E-state index contributed by atoms with van der Waals surface area (Å²) in [5, 5.41) is 0. The molecule has 5 nitrogen and oxygen atoms in total. The molecule has 0 N–H and O–H groups in total. The summed E-state index contributed by atoms with van der Waals surface area (Å²) in [4.78, 5) is 37.1. The van der Waals surface area contributed by atoms with Gasteiger partial charge in [0.05, 0.1) is 11.1 Å². The highest BCUT2D eigenvalue weighted by Crippen LogP contribution is 2.22. The van der Waals surface area contributed by atoms with Crippen molar-refractivity contribution in [3.63, 3.8) is 0 Å². The monoisotopic (exact) mass is 285 g/mol. The van der Waals surface area contributed by atoms with Crippen LogP contribution in [-0.2, 0) is 9.53 Å². The fraction of sp³-hybridized carbons (Fsp3) is 0.312. The van der Waals surface area contributed by atoms with E-state index in [0.29, 0.717) is 11.1 Å². The first-order valence-electron chi connectivity index (χ1n) is 6.98. The number of fused-ring (bicyclic) bond motifs is 1. The molecule has 2 aliphatic rings. The van der Waals surface area contributed by atoms with Crippen molar-refractivity contribution >= 4 is 17.8 Å². The molecule has 5 heteroatoms. The second-order valence-corrected chi connectivity index (χ2v) is 5.13. The molecule has 2 amide bonds. The van der Waals surface area contributed by atoms with Gasteiger partial charge in [-0.05, 0) is 37.5 Å². The van der Waals surface area contributed by atoms with E-state index in [-0.39, 0.29) is 12.6 Å². The Labute approximate surface area is 122 Å². The normalized spacial score (nSPS) is 20.6. The number of amides is 2. The summed E-state index contributed by atoms with van der Waals surface area (Å²) in [7, 11) is 0. The van der Waals surface area contributed by atoms with Crippen molar-refractivity contribution in [1.29, 1.82) is 0 Å². The van der Waals surface area contributed by atoms with Crippen LogP contribution in [0.5, 0.6) is 0 Å². The van der Waals surface area contributed by atoms with Gasteiger partial charge in [0, 0.05) is 0 Å². The predicted molar refractivity (Wildman–Crippen MR) is 74.7 cm³/mol. The second-order valence-electron chi connectivity index (χ2n) is 5.13. The molecular weight excluding hydrogens is 270 g/mol. The Bertz CT molecular complexity index is 600. The van der Waals surface area contributed by atoms with Crippen LogP contribution in [0.15, 0.2) is 36.4 Å². The molecule has 21 heavy (non-hydrogen) atoms. The predicted octanol–water partition coefficient (Wildman–Crippen LogP) is 1.93. The lowest BCUT2D eigenvalue weighted by atomic mass is 10.1. The summed E-state index contributed by atoms with van der Waals surface area (Å²) in [6.45, 7) is -0.337. The molecule has 0 aromatic heterocycles. The minimum absolute atomic E-state index is 0.249. The number of carbonyl (C=O) groups is 3. The van der Waals surface area contributed by atoms with Crippen LogP contribution in [0.25, 0.3) is 0 Å². The molecule has 1 heterocycles. The van der Waals surface area contributed by atoms with Crippen LogP contribution in [0.3, 0.4) is 0 Å². The van der Waals surface area contributed by atoms with Crippen LogP contribution in [-0.4, -0.2) is 35.3 Å². The fourth-order valence-electron chi connectivity index (χ4n) is 2.60. The number of hydrogen-bond donors (Lipinski definition) is 0. The molecule has 1 aromatic rings. The number of allylic oxidation sites excluding steroid dienone is 1. The Hall–Kier alpha value is -2.43. The maximum Gasteiger partial charge on any atom is 0.326 e. The SMILES string of the molecule is O=C(CN1C(=O)c2ccccc2C1=O)O[C@H]1C=CCCC1. The van der Waals surface area contributed by atoms with Crippen molar-refractivity contribution in [1.82, 2.24) is 4.90 Å². The van der Waals surface area contributed by atoms with Gasteiger partial charge in [0.1, 0.15) is 12.6 Å². The van der Waals surface area contributed by atoms with Crippen molar-refractivity contribution in [3.05, 3.63) is 47.5 Å². The van der Waals surface area contributed by atoms with Gasteiger partial charge in [-0.3, -0.25) is 19.3 Å². The molecule has 0 spiro atoms. The third-order valence-corrected chi connectivity index (χ3v) is 3.66. The lowest BCUT2D eigenvalue weighted by molar-refractivity contribution is -0.147. The highest BCUT2D eigenvalue weighted by atomic mass is 16.5. The average Bonchev–Trinajstić information content (AvgIpc) is 2.74. The maximum absolute atomic E-state index is 12.1. The molecule has 3 rings (SSSR count). The van der Waals surface area contributed by atoms with Crippen LogP contribution in [0.1, 0.15) is 40.0 Å². The maximum atomic E-state index is 12.1. The summed E-state index contributed by atoms with van der Waals surface area (Å²) in [6.07, 6.45) is 6.33. The van der Waals surface area contributed by atoms with E-state index in [1.807, 2.05) is 12.2 Å². The number of rotatable bonds is 3. The van der Waals surface area contributed by atoms with Crippen molar-refractivity contribution in [2.24, 2.45) is 0 Å². The zero-order chi connectivity index (χ0) is 14.8. The summed E-state index contributed by atoms with van der Waals surface area (Å²) in [5.41, 5.74) is 0.681. The van der Waals surface area contributed by atoms with Crippen LogP contribution in [0.4, 0.5) is 0 Å². The van der Waals surface area contributed by atoms with Gasteiger partial charge in [-0.1, -0.05) is 18.2 Å². The lowest BCUT2D eigenvalue weighted by Gasteiger charge is -2.19. The minimum atomic E-state index is -0.555. The first kappa shape index (κ1) is 13.5. The number of ether oxygens (including phenoxy) is 1. The Kier molecular flexibility index (Phi) is 3.56. The lowest BCUT2D eigenvalue weighted by Crippen LogP contribution is -2.36. The second kappa shape index (κ2) is 5.52. The molecule has 1 aromatic carbocycles. The van der Waals surface area contributed by atoms with Crippen LogP contribution >= 0.6 is 0 Å². The van der Waals surface area contributed by atoms with Gasteiger partial charge in [-0.15, -0.1) is 0 Å². The molecule has 0 bridgehead atoms. The number of carbonyl (C=O) groups excluding carboxylic acids is 3. The highest BCUT2D eigenvalue weighted by Gasteiger charge is 2.36. The van der Waals surface area contributed by atoms with Crippen LogP contribution in [0.2, 0.25) is 0 Å². The van der Waals surface area contributed by atoms with Crippen LogP contribution < -0.4 is 0 Å². The van der Waals surface area contributed by atoms with Crippen LogP contribution in [0, 0.1) is 0 Å². The summed E-state index contributed by atoms with van der Waals surface area (Å²) in [6, 6.07) is 6.56. The minimum Gasteiger partial charge on any atom is -0.457 e. The summed E-state index contributed by atoms with van der Waals surface area (Å²) in [5.74, 6) is -1.43. The molecule has 108 valence electrons. The number of esters is 1. The number of benzene rings is 1. The van der Waals surface area contributed by atoms with Crippen molar-refractivity contribution in [2.75, 3.05) is 6.54 Å². The third-order valence-electron chi connectivity index (χ3n) is 3.66. The molecule has 1 atom stereocenters. The number of imide groups is 1. The largest absolute Gasteiger partial charge is 0.457 e. The topological polar surface area (TPSA) is 63.7 Å². The summed E-state index contributed by atoms with van der Waals surface area (Å²) >= 11 is 0. The smallest absolute Gasteiger partial charge is 0.326 e. The van der Waals surface area contributed by atoms with E-state index in [1.165, 1.54) is 0 Å². The van der Waals surface area contributed by atoms with Gasteiger partial charge in [-0.2, -0.15) is 0 Å². The fourth-order valence-corrected chi connectivity index (χ4v) is 2.60. The van der Waals surface area contributed by atoms with Gasteiger partial charge in [0.2, 0.25) is 0 Å². The zero-order valence-corrected chi connectivity index (χ0v) is 11.5. The van der Waals surface area contributed by atoms with E-state index < -0.39 is 17.8 Å². The molecule has 0 fully saturated rings. The Morgan fingerprint density at radius 3 is 2.43 bits per heavy atom. The molecule has 0 saturated carbocycles. The van der Waals surface area contributed by atoms with E-state index in [1.54, 1.807) is 24.3 Å². The van der Waals surface area contributed by atoms with Gasteiger partial charge < -0.3 is 4.74 Å². The van der Waals surface area contributed by atoms with Crippen molar-refractivity contribution < 1.29 is 19.1 Å². The standard InChI is InChI=1S/C16H15NO4/c18-14(21-11-6-2-1-3-7-11)10-17-15(19)12-8-4-5-9-13(12)16(17)20/h2,4-6,8-9,11H,1,3,7,10H2/t11-/m0/s1. The van der Waals surface area contributed by atoms with Gasteiger partial charge in [-0.25, -0.2) is 0 Å². The highest BCUT2D eigenvalue weighted by molar-refractivity contribution is 6.22. The van der Waals surface area contributed by atoms with Gasteiger partial charge in [0.25, 0.3) is 11.8 Å². The third kappa shape index (κ3) is 2.59. The van der Waals surface area contributed by atoms with Gasteiger partial charge >= 0.3 is 5.97 Å². The quantitative estimate of drug-likeness (QED) is 0.483. The average molecular weight is 285 g/mol. The Morgan fingerprint density at radius 2 is 1.86 bits per heavy atom. The molecule has 0 radical (unpaired) electrons. The summed E-state index contributed by atoms with van der Waals surface area (Å²) < 4.78 is 5.28. The molecule has 1 aliphatic carbocycles. The molecular formula is C16H15NO4. The van der Waals surface area contributed by atoms with Crippen molar-refractivity contribution in [3.8, 4) is 0 Å². The van der Waals surface area contributed by atoms with E-state index in [2.05, 4.69) is 0 Å². The molecule has 1 aliphatic heterocycles. The van der Waals surface area contributed by atoms with Crippen molar-refractivity contribution in [2.45, 2.75) is 25.4 Å². The van der Waals surface area contributed by atoms with E-state index in [4.69, 9.17) is 4.74 Å².